The van der Waals surface area contributed by atoms with Gasteiger partial charge in [0.2, 0.25) is 0 Å². The van der Waals surface area contributed by atoms with E-state index in [0.717, 1.165) is 54.7 Å². The normalized spacial score (nSPS) is 13.7. The number of nitrogens with two attached hydrogens (primary N) is 1. The van der Waals surface area contributed by atoms with Gasteiger partial charge >= 0.3 is 0 Å². The lowest BCUT2D eigenvalue weighted by molar-refractivity contribution is 0.0928. The predicted octanol–water partition coefficient (Wildman–Crippen LogP) is 7.06. The van der Waals surface area contributed by atoms with Crippen molar-refractivity contribution < 1.29 is 24.4 Å². The molecule has 3 aromatic rings. The van der Waals surface area contributed by atoms with Gasteiger partial charge in [0.1, 0.15) is 11.5 Å². The molecule has 0 unspecified atom stereocenters. The summed E-state index contributed by atoms with van der Waals surface area (Å²) in [5.74, 6) is 0.438. The Morgan fingerprint density at radius 3 is 2.26 bits per heavy atom. The van der Waals surface area contributed by atoms with Gasteiger partial charge in [0.15, 0.2) is 0 Å². The lowest BCUT2D eigenvalue weighted by Crippen LogP contribution is -2.41. The summed E-state index contributed by atoms with van der Waals surface area (Å²) in [6, 6.07) is 12.2. The molecule has 0 radical (unpaired) electrons. The number of hydrogen-bond acceptors (Lipinski definition) is 4. The van der Waals surface area contributed by atoms with Gasteiger partial charge in [-0.1, -0.05) is 50.1 Å². The first-order valence-electron chi connectivity index (χ1n) is 15.9. The Labute approximate surface area is 280 Å². The number of carbonyl (C=O) groups is 1. The van der Waals surface area contributed by atoms with Crippen molar-refractivity contribution in [2.45, 2.75) is 93.2 Å². The van der Waals surface area contributed by atoms with Gasteiger partial charge in [-0.15, -0.1) is 6.58 Å². The second kappa shape index (κ2) is 18.0. The van der Waals surface area contributed by atoms with Crippen LogP contribution in [-0.2, 0) is 13.0 Å². The summed E-state index contributed by atoms with van der Waals surface area (Å²) in [5.41, 5.74) is 17.2. The van der Waals surface area contributed by atoms with E-state index in [2.05, 4.69) is 82.5 Å². The topological polar surface area (TPSA) is 134 Å². The van der Waals surface area contributed by atoms with E-state index in [1.807, 2.05) is 38.1 Å². The summed E-state index contributed by atoms with van der Waals surface area (Å²) in [4.78, 5) is 19.1. The number of nitrogens with zero attached hydrogens (tertiary/aromatic N) is 2. The molecule has 7 nitrogen and oxygen atoms in total. The number of aromatic nitrogens is 1. The number of pyridine rings is 1. The maximum atomic E-state index is 14.6. The van der Waals surface area contributed by atoms with Crippen molar-refractivity contribution in [3.05, 3.63) is 99.1 Å². The second-order valence-electron chi connectivity index (χ2n) is 13.4. The third-order valence-corrected chi connectivity index (χ3v) is 8.29. The molecule has 2 heterocycles. The zero-order chi connectivity index (χ0) is 32.7. The number of nitrogens with one attached hydrogen (secondary N) is 1. The van der Waals surface area contributed by atoms with Gasteiger partial charge in [-0.05, 0) is 130 Å². The molecule has 4 rings (SSSR count). The molecule has 1 amide bonds. The molecule has 0 spiro atoms. The highest BCUT2D eigenvalue weighted by atomic mass is 19.1. The van der Waals surface area contributed by atoms with Gasteiger partial charge in [-0.2, -0.15) is 0 Å². The molecule has 1 aliphatic rings. The number of allylic oxidation sites excluding steroid dienone is 1. The average molecular weight is 643 g/mol. The number of likely N-dealkylation sites (N-methyl/N-ethyl adjacent to an activating group) is 1. The van der Waals surface area contributed by atoms with Crippen molar-refractivity contribution >= 4 is 5.91 Å². The molecule has 1 aliphatic heterocycles. The minimum absolute atomic E-state index is 0. The zero-order valence-electron chi connectivity index (χ0n) is 29.4. The summed E-state index contributed by atoms with van der Waals surface area (Å²) < 4.78 is 14.6. The largest absolute Gasteiger partial charge is 0.412 e. The van der Waals surface area contributed by atoms with Crippen LogP contribution in [0.1, 0.15) is 100 Å². The first-order valence-corrected chi connectivity index (χ1v) is 15.9. The second-order valence-corrected chi connectivity index (χ2v) is 13.4. The summed E-state index contributed by atoms with van der Waals surface area (Å²) >= 11 is 0. The fourth-order valence-corrected chi connectivity index (χ4v) is 6.28. The minimum Gasteiger partial charge on any atom is -0.412 e. The summed E-state index contributed by atoms with van der Waals surface area (Å²) in [7, 11) is 2.07. The quantitative estimate of drug-likeness (QED) is 0.242. The Hall–Kier alpha value is -3.43. The molecule has 46 heavy (non-hydrogen) atoms. The zero-order valence-corrected chi connectivity index (χ0v) is 29.4. The van der Waals surface area contributed by atoms with Gasteiger partial charge in [-0.25, -0.2) is 9.37 Å². The van der Waals surface area contributed by atoms with Crippen LogP contribution in [0.4, 0.5) is 4.39 Å². The Kier molecular flexibility index (Phi) is 15.9. The van der Waals surface area contributed by atoms with Crippen LogP contribution in [0, 0.1) is 39.4 Å². The Morgan fingerprint density at radius 2 is 1.70 bits per heavy atom. The third kappa shape index (κ3) is 10.8. The first kappa shape index (κ1) is 40.6. The number of aryl methyl sites for hydroxylation is 4. The van der Waals surface area contributed by atoms with Gasteiger partial charge in [0.05, 0.1) is 5.69 Å². The SMILES string of the molecule is C=C(C)C[C@H](C)c1cc(-c2c(C)cc(C)cc2C)cc(C)c1F.CC(C)C[C@@H](CN)NC(=O)c1ccc2c(n1)CN(C)CC2.O.O.[HH].[HH].[HH]. The first-order chi connectivity index (χ1) is 20.7. The van der Waals surface area contributed by atoms with Gasteiger partial charge in [0.25, 0.3) is 5.91 Å². The molecule has 1 aromatic heterocycles. The molecule has 0 saturated heterocycles. The fourth-order valence-electron chi connectivity index (χ4n) is 6.28. The number of amides is 1. The van der Waals surface area contributed by atoms with Crippen LogP contribution in [0.15, 0.2) is 48.6 Å². The number of rotatable bonds is 9. The van der Waals surface area contributed by atoms with E-state index in [0.29, 0.717) is 23.7 Å². The van der Waals surface area contributed by atoms with Crippen LogP contribution < -0.4 is 11.1 Å². The molecule has 0 fully saturated rings. The van der Waals surface area contributed by atoms with Crippen molar-refractivity contribution in [2.75, 3.05) is 20.1 Å². The van der Waals surface area contributed by atoms with E-state index in [1.54, 1.807) is 0 Å². The summed E-state index contributed by atoms with van der Waals surface area (Å²) in [6.07, 6.45) is 2.70. The molecule has 0 aliphatic carbocycles. The van der Waals surface area contributed by atoms with Gasteiger partial charge in [-0.3, -0.25) is 4.79 Å². The molecule has 7 N–H and O–H groups in total. The monoisotopic (exact) mass is 642 g/mol. The number of benzene rings is 2. The molecule has 2 aromatic carbocycles. The number of fused-ring (bicyclic) bond motifs is 1. The Balaban J connectivity index is -0.000000786. The van der Waals surface area contributed by atoms with Crippen LogP contribution in [0.3, 0.4) is 0 Å². The van der Waals surface area contributed by atoms with Crippen molar-refractivity contribution in [3.8, 4) is 11.1 Å². The van der Waals surface area contributed by atoms with E-state index < -0.39 is 0 Å². The molecule has 260 valence electrons. The van der Waals surface area contributed by atoms with Crippen LogP contribution in [0.25, 0.3) is 11.1 Å². The van der Waals surface area contributed by atoms with Crippen LogP contribution in [-0.4, -0.2) is 52.9 Å². The van der Waals surface area contributed by atoms with E-state index in [9.17, 15) is 9.18 Å². The van der Waals surface area contributed by atoms with Crippen molar-refractivity contribution in [1.82, 2.24) is 15.2 Å². The van der Waals surface area contributed by atoms with Crippen molar-refractivity contribution in [2.24, 2.45) is 11.7 Å². The Morgan fingerprint density at radius 1 is 1.07 bits per heavy atom. The van der Waals surface area contributed by atoms with E-state index in [4.69, 9.17) is 5.73 Å². The van der Waals surface area contributed by atoms with Crippen LogP contribution in [0.5, 0.6) is 0 Å². The molecule has 0 bridgehead atoms. The summed E-state index contributed by atoms with van der Waals surface area (Å²) in [5, 5.41) is 2.99. The number of halogens is 1. The van der Waals surface area contributed by atoms with Crippen LogP contribution in [0.2, 0.25) is 0 Å². The molecular weight excluding hydrogens is 579 g/mol. The van der Waals surface area contributed by atoms with E-state index in [-0.39, 0.29) is 38.9 Å². The fraction of sp³-hybridized carbons (Fsp3) is 0.474. The predicted molar refractivity (Wildman–Crippen MR) is 196 cm³/mol. The Bertz CT molecular complexity index is 1480. The number of carbonyl (C=O) groups excluding carboxylic acids is 1. The standard InChI is InChI=1S/C22H27F.C16H26N4O.2H2O.3H2/c1-13(2)8-15(4)20-12-19(11-18(7)22(20)23)21-16(5)9-14(3)10-17(21)6;1-11(2)8-13(9-17)18-16(21)14-5-4-12-6-7-20(3)10-15(12)19-14;;;;;/h9-12,15H,1,8H2,2-7H3;4-5,11,13H,6-10,17H2,1-3H3,(H,18,21);2*1H2;3*1H/t15-;13-;;;;;/m00...../s1. The highest BCUT2D eigenvalue weighted by molar-refractivity contribution is 5.92. The van der Waals surface area contributed by atoms with E-state index >= 15 is 0 Å². The van der Waals surface area contributed by atoms with E-state index in [1.165, 1.54) is 27.8 Å². The van der Waals surface area contributed by atoms with Crippen molar-refractivity contribution in [1.29, 1.82) is 0 Å². The maximum Gasteiger partial charge on any atom is 0.270 e. The van der Waals surface area contributed by atoms with Gasteiger partial charge in [0, 0.05) is 30.0 Å². The highest BCUT2D eigenvalue weighted by Gasteiger charge is 2.20. The smallest absolute Gasteiger partial charge is 0.270 e. The summed E-state index contributed by atoms with van der Waals surface area (Å²) in [6.45, 7) is 22.8. The third-order valence-electron chi connectivity index (χ3n) is 8.29. The van der Waals surface area contributed by atoms with Gasteiger partial charge < -0.3 is 26.9 Å². The maximum absolute atomic E-state index is 14.6. The number of hydrogen-bond donors (Lipinski definition) is 2. The van der Waals surface area contributed by atoms with Crippen molar-refractivity contribution in [3.63, 3.8) is 0 Å². The molecule has 0 saturated carbocycles. The molecule has 2 atom stereocenters. The molecular formula is C38H63FN4O3. The molecule has 8 heteroatoms. The lowest BCUT2D eigenvalue weighted by atomic mass is 9.87. The highest BCUT2D eigenvalue weighted by Crippen LogP contribution is 2.34. The lowest BCUT2D eigenvalue weighted by Gasteiger charge is -2.24. The minimum atomic E-state index is -0.123. The average Bonchev–Trinajstić information content (AvgIpc) is 2.93. The van der Waals surface area contributed by atoms with Crippen LogP contribution >= 0.6 is 0 Å².